The van der Waals surface area contributed by atoms with Crippen LogP contribution in [0.2, 0.25) is 0 Å². The van der Waals surface area contributed by atoms with Crippen molar-refractivity contribution in [3.8, 4) is 0 Å². The second kappa shape index (κ2) is 5.56. The summed E-state index contributed by atoms with van der Waals surface area (Å²) in [5, 5.41) is 14.1. The Labute approximate surface area is 111 Å². The fourth-order valence-corrected chi connectivity index (χ4v) is 1.75. The molecule has 0 spiro atoms. The molecule has 100 valence electrons. The van der Waals surface area contributed by atoms with Crippen LogP contribution in [0.3, 0.4) is 0 Å². The number of carboxylic acids is 1. The molecule has 0 bridgehead atoms. The number of amides is 2. The molecule has 0 heterocycles. The van der Waals surface area contributed by atoms with E-state index in [9.17, 15) is 9.59 Å². The van der Waals surface area contributed by atoms with Crippen LogP contribution >= 0.6 is 0 Å². The molecule has 1 saturated carbocycles. The molecule has 2 rings (SSSR count). The lowest BCUT2D eigenvalue weighted by Crippen LogP contribution is -2.31. The Morgan fingerprint density at radius 3 is 2.79 bits per heavy atom. The maximum Gasteiger partial charge on any atom is 0.328 e. The van der Waals surface area contributed by atoms with Gasteiger partial charge < -0.3 is 15.7 Å². The maximum absolute atomic E-state index is 11.7. The standard InChI is InChI=1S/C14H16N2O3/c1-9-7-12(9)16-14(19)15-11-4-2-3-10(8-11)5-6-13(17)18/h2-6,8-9,12H,7H2,1H3,(H,17,18)(H2,15,16,19)/b6-5+. The highest BCUT2D eigenvalue weighted by Crippen LogP contribution is 2.28. The molecule has 5 heteroatoms. The van der Waals surface area contributed by atoms with Gasteiger partial charge in [0.1, 0.15) is 0 Å². The van der Waals surface area contributed by atoms with E-state index >= 15 is 0 Å². The Morgan fingerprint density at radius 2 is 2.16 bits per heavy atom. The van der Waals surface area contributed by atoms with Crippen LogP contribution in [-0.4, -0.2) is 23.1 Å². The topological polar surface area (TPSA) is 78.4 Å². The lowest BCUT2D eigenvalue weighted by atomic mass is 10.2. The van der Waals surface area contributed by atoms with E-state index in [1.165, 1.54) is 6.08 Å². The number of carbonyl (C=O) groups excluding carboxylic acids is 1. The van der Waals surface area contributed by atoms with Crippen LogP contribution in [0, 0.1) is 5.92 Å². The number of rotatable bonds is 4. The minimum absolute atomic E-state index is 0.228. The summed E-state index contributed by atoms with van der Waals surface area (Å²) >= 11 is 0. The first-order valence-electron chi connectivity index (χ1n) is 6.13. The Balaban J connectivity index is 1.94. The van der Waals surface area contributed by atoms with Gasteiger partial charge >= 0.3 is 12.0 Å². The Bertz CT molecular complexity index is 525. The van der Waals surface area contributed by atoms with E-state index in [0.29, 0.717) is 11.6 Å². The lowest BCUT2D eigenvalue weighted by molar-refractivity contribution is -0.131. The summed E-state index contributed by atoms with van der Waals surface area (Å²) in [5.41, 5.74) is 1.36. The molecule has 1 aliphatic rings. The molecule has 3 N–H and O–H groups in total. The zero-order valence-corrected chi connectivity index (χ0v) is 10.6. The highest BCUT2D eigenvalue weighted by Gasteiger charge is 2.33. The molecule has 0 radical (unpaired) electrons. The van der Waals surface area contributed by atoms with Crippen molar-refractivity contribution in [1.82, 2.24) is 5.32 Å². The van der Waals surface area contributed by atoms with Crippen molar-refractivity contribution in [1.29, 1.82) is 0 Å². The third-order valence-electron chi connectivity index (χ3n) is 2.99. The third-order valence-corrected chi connectivity index (χ3v) is 2.99. The van der Waals surface area contributed by atoms with Gasteiger partial charge in [-0.25, -0.2) is 9.59 Å². The fourth-order valence-electron chi connectivity index (χ4n) is 1.75. The molecule has 0 aliphatic heterocycles. The minimum Gasteiger partial charge on any atom is -0.478 e. The van der Waals surface area contributed by atoms with E-state index < -0.39 is 5.97 Å². The third kappa shape index (κ3) is 4.13. The summed E-state index contributed by atoms with van der Waals surface area (Å²) < 4.78 is 0. The van der Waals surface area contributed by atoms with E-state index in [2.05, 4.69) is 17.6 Å². The Kier molecular flexibility index (Phi) is 3.85. The molecule has 0 saturated heterocycles. The van der Waals surface area contributed by atoms with Gasteiger partial charge in [-0.1, -0.05) is 19.1 Å². The van der Waals surface area contributed by atoms with Crippen molar-refractivity contribution >= 4 is 23.8 Å². The number of urea groups is 1. The van der Waals surface area contributed by atoms with Gasteiger partial charge in [-0.05, 0) is 36.1 Å². The van der Waals surface area contributed by atoms with Crippen molar-refractivity contribution in [3.05, 3.63) is 35.9 Å². The summed E-state index contributed by atoms with van der Waals surface area (Å²) in [7, 11) is 0. The predicted octanol–water partition coefficient (Wildman–Crippen LogP) is 2.31. The quantitative estimate of drug-likeness (QED) is 0.727. The van der Waals surface area contributed by atoms with Crippen LogP contribution in [0.1, 0.15) is 18.9 Å². The molecule has 2 atom stereocenters. The molecule has 0 aromatic heterocycles. The fraction of sp³-hybridized carbons (Fsp3) is 0.286. The van der Waals surface area contributed by atoms with Crippen molar-refractivity contribution < 1.29 is 14.7 Å². The average molecular weight is 260 g/mol. The van der Waals surface area contributed by atoms with Crippen molar-refractivity contribution in [2.45, 2.75) is 19.4 Å². The summed E-state index contributed by atoms with van der Waals surface area (Å²) in [5.74, 6) is -0.450. The van der Waals surface area contributed by atoms with E-state index in [-0.39, 0.29) is 12.1 Å². The highest BCUT2D eigenvalue weighted by molar-refractivity contribution is 5.90. The first-order chi connectivity index (χ1) is 9.04. The van der Waals surface area contributed by atoms with Gasteiger partial charge in [0.25, 0.3) is 0 Å². The zero-order valence-electron chi connectivity index (χ0n) is 10.6. The summed E-state index contributed by atoms with van der Waals surface area (Å²) in [6, 6.07) is 7.05. The first kappa shape index (κ1) is 13.1. The van der Waals surface area contributed by atoms with Gasteiger partial charge in [-0.3, -0.25) is 0 Å². The number of carbonyl (C=O) groups is 2. The van der Waals surface area contributed by atoms with Gasteiger partial charge in [0, 0.05) is 17.8 Å². The second-order valence-corrected chi connectivity index (χ2v) is 4.71. The highest BCUT2D eigenvalue weighted by atomic mass is 16.4. The van der Waals surface area contributed by atoms with Crippen LogP contribution in [0.15, 0.2) is 30.3 Å². The first-order valence-corrected chi connectivity index (χ1v) is 6.13. The molecule has 19 heavy (non-hydrogen) atoms. The number of benzene rings is 1. The van der Waals surface area contributed by atoms with Crippen molar-refractivity contribution in [2.24, 2.45) is 5.92 Å². The van der Waals surface area contributed by atoms with Crippen LogP contribution in [0.25, 0.3) is 6.08 Å². The monoisotopic (exact) mass is 260 g/mol. The molecule has 1 aliphatic carbocycles. The largest absolute Gasteiger partial charge is 0.478 e. The molecular weight excluding hydrogens is 244 g/mol. The molecule has 2 amide bonds. The van der Waals surface area contributed by atoms with Crippen LogP contribution in [0.4, 0.5) is 10.5 Å². The molecule has 5 nitrogen and oxygen atoms in total. The average Bonchev–Trinajstić information content (AvgIpc) is 3.02. The van der Waals surface area contributed by atoms with Gasteiger partial charge in [-0.2, -0.15) is 0 Å². The summed E-state index contributed by atoms with van der Waals surface area (Å²) in [6.45, 7) is 2.09. The summed E-state index contributed by atoms with van der Waals surface area (Å²) in [4.78, 5) is 22.1. The van der Waals surface area contributed by atoms with E-state index in [4.69, 9.17) is 5.11 Å². The van der Waals surface area contributed by atoms with Crippen molar-refractivity contribution in [2.75, 3.05) is 5.32 Å². The van der Waals surface area contributed by atoms with E-state index in [0.717, 1.165) is 18.1 Å². The second-order valence-electron chi connectivity index (χ2n) is 4.71. The molecular formula is C14H16N2O3. The maximum atomic E-state index is 11.7. The number of hydrogen-bond acceptors (Lipinski definition) is 2. The van der Waals surface area contributed by atoms with Gasteiger partial charge in [0.05, 0.1) is 0 Å². The number of anilines is 1. The number of carboxylic acid groups (broad SMARTS) is 1. The smallest absolute Gasteiger partial charge is 0.328 e. The lowest BCUT2D eigenvalue weighted by Gasteiger charge is -2.07. The van der Waals surface area contributed by atoms with Crippen molar-refractivity contribution in [3.63, 3.8) is 0 Å². The van der Waals surface area contributed by atoms with Gasteiger partial charge in [0.15, 0.2) is 0 Å². The minimum atomic E-state index is -1.00. The molecule has 2 unspecified atom stereocenters. The SMILES string of the molecule is CC1CC1NC(=O)Nc1cccc(/C=C/C(=O)O)c1. The van der Waals surface area contributed by atoms with Gasteiger partial charge in [0.2, 0.25) is 0 Å². The molecule has 1 aromatic rings. The van der Waals surface area contributed by atoms with E-state index in [1.54, 1.807) is 24.3 Å². The number of hydrogen-bond donors (Lipinski definition) is 3. The molecule has 1 fully saturated rings. The Morgan fingerprint density at radius 1 is 1.42 bits per heavy atom. The van der Waals surface area contributed by atoms with Crippen LogP contribution in [0.5, 0.6) is 0 Å². The van der Waals surface area contributed by atoms with E-state index in [1.807, 2.05) is 0 Å². The number of nitrogens with one attached hydrogen (secondary N) is 2. The number of aliphatic carboxylic acids is 1. The van der Waals surface area contributed by atoms with Gasteiger partial charge in [-0.15, -0.1) is 0 Å². The zero-order chi connectivity index (χ0) is 13.8. The van der Waals surface area contributed by atoms with Crippen LogP contribution < -0.4 is 10.6 Å². The summed E-state index contributed by atoms with van der Waals surface area (Å²) in [6.07, 6.45) is 3.56. The Hall–Kier alpha value is -2.30. The molecule has 1 aromatic carbocycles. The normalized spacial score (nSPS) is 21.1. The van der Waals surface area contributed by atoms with Crippen LogP contribution in [-0.2, 0) is 4.79 Å². The predicted molar refractivity (Wildman–Crippen MR) is 72.8 cm³/mol.